The predicted octanol–water partition coefficient (Wildman–Crippen LogP) is 3.54. The fourth-order valence-electron chi connectivity index (χ4n) is 3.58. The molecule has 2 unspecified atom stereocenters. The van der Waals surface area contributed by atoms with Crippen molar-refractivity contribution in [3.8, 4) is 0 Å². The van der Waals surface area contributed by atoms with Gasteiger partial charge in [0.2, 0.25) is 0 Å². The van der Waals surface area contributed by atoms with Gasteiger partial charge in [0.15, 0.2) is 0 Å². The summed E-state index contributed by atoms with van der Waals surface area (Å²) in [5.74, 6) is 1.21. The molecule has 7 heteroatoms. The maximum absolute atomic E-state index is 8.72. The lowest BCUT2D eigenvalue weighted by Gasteiger charge is -2.32. The van der Waals surface area contributed by atoms with E-state index in [9.17, 15) is 0 Å². The van der Waals surface area contributed by atoms with Crippen molar-refractivity contribution in [2.75, 3.05) is 30.3 Å². The molecule has 3 heterocycles. The number of nitrogens with two attached hydrogens (primary N) is 1. The van der Waals surface area contributed by atoms with Gasteiger partial charge in [-0.05, 0) is 43.9 Å². The molecular weight excluding hydrogens is 362 g/mol. The number of aliphatic imine (C=N–C) groups is 1. The van der Waals surface area contributed by atoms with Crippen molar-refractivity contribution in [1.82, 2.24) is 9.97 Å². The third-order valence-electron chi connectivity index (χ3n) is 5.17. The minimum atomic E-state index is -0.337. The number of hydrogen-bond donors (Lipinski definition) is 3. The smallest absolute Gasteiger partial charge is 0.129 e. The van der Waals surface area contributed by atoms with Crippen LogP contribution in [0.1, 0.15) is 49.6 Å². The van der Waals surface area contributed by atoms with Crippen molar-refractivity contribution >= 4 is 29.6 Å². The number of anilines is 2. The van der Waals surface area contributed by atoms with Crippen LogP contribution in [0.5, 0.6) is 0 Å². The van der Waals surface area contributed by atoms with Gasteiger partial charge in [-0.25, -0.2) is 4.98 Å². The number of nitrogens with zero attached hydrogens (tertiary/aromatic N) is 4. The minimum absolute atomic E-state index is 0.259. The fourth-order valence-corrected chi connectivity index (χ4v) is 3.58. The number of piperidine rings is 1. The van der Waals surface area contributed by atoms with E-state index in [-0.39, 0.29) is 11.6 Å². The molecule has 0 aromatic carbocycles. The van der Waals surface area contributed by atoms with Crippen molar-refractivity contribution in [2.24, 2.45) is 10.9 Å². The highest BCUT2D eigenvalue weighted by molar-refractivity contribution is 6.13. The molecular formula is C22H29N7. The Hall–Kier alpha value is -3.09. The van der Waals surface area contributed by atoms with E-state index in [0.717, 1.165) is 25.3 Å². The number of aromatic nitrogens is 2. The molecule has 2 atom stereocenters. The molecule has 1 aliphatic rings. The average molecular weight is 392 g/mol. The first kappa shape index (κ1) is 20.6. The molecule has 0 aliphatic carbocycles. The fraction of sp³-hybridized carbons (Fsp3) is 0.409. The number of pyridine rings is 2. The van der Waals surface area contributed by atoms with Gasteiger partial charge in [-0.15, -0.1) is 0 Å². The maximum atomic E-state index is 8.72. The Morgan fingerprint density at radius 1 is 1.45 bits per heavy atom. The summed E-state index contributed by atoms with van der Waals surface area (Å²) in [6.45, 7) is 6.83. The van der Waals surface area contributed by atoms with Crippen LogP contribution < -0.4 is 10.6 Å². The van der Waals surface area contributed by atoms with Gasteiger partial charge < -0.3 is 16.0 Å². The van der Waals surface area contributed by atoms with Crippen LogP contribution in [0.2, 0.25) is 0 Å². The summed E-state index contributed by atoms with van der Waals surface area (Å²) in [6.07, 6.45) is 6.95. The van der Waals surface area contributed by atoms with Gasteiger partial charge in [0.05, 0.1) is 34.9 Å². The number of hydrogen-bond acceptors (Lipinski definition) is 7. The molecule has 1 saturated heterocycles. The number of nitrogen functional groups attached to an aromatic ring is 1. The van der Waals surface area contributed by atoms with Gasteiger partial charge in [-0.3, -0.25) is 15.4 Å². The van der Waals surface area contributed by atoms with Crippen molar-refractivity contribution in [2.45, 2.75) is 32.6 Å². The second-order valence-electron chi connectivity index (χ2n) is 7.49. The molecule has 2 aromatic heterocycles. The summed E-state index contributed by atoms with van der Waals surface area (Å²) in [5.41, 5.74) is 8.62. The van der Waals surface area contributed by atoms with Crippen LogP contribution in [-0.4, -0.2) is 47.7 Å². The Kier molecular flexibility index (Phi) is 6.69. The molecule has 4 N–H and O–H groups in total. The molecule has 3 rings (SSSR count). The largest absolute Gasteiger partial charge is 0.397 e. The van der Waals surface area contributed by atoms with Crippen molar-refractivity contribution < 1.29 is 0 Å². The highest BCUT2D eigenvalue weighted by Gasteiger charge is 2.19. The summed E-state index contributed by atoms with van der Waals surface area (Å²) >= 11 is 0. The molecule has 29 heavy (non-hydrogen) atoms. The van der Waals surface area contributed by atoms with Crippen LogP contribution in [0, 0.1) is 16.7 Å². The van der Waals surface area contributed by atoms with E-state index in [1.165, 1.54) is 12.6 Å². The van der Waals surface area contributed by atoms with Gasteiger partial charge in [-0.2, -0.15) is 0 Å². The molecule has 0 saturated carbocycles. The van der Waals surface area contributed by atoms with Crippen LogP contribution in [0.25, 0.3) is 0 Å². The van der Waals surface area contributed by atoms with Crippen LogP contribution in [0.4, 0.5) is 11.5 Å². The third kappa shape index (κ3) is 4.85. The van der Waals surface area contributed by atoms with Crippen molar-refractivity contribution in [3.63, 3.8) is 0 Å². The van der Waals surface area contributed by atoms with E-state index in [2.05, 4.69) is 21.8 Å². The summed E-state index contributed by atoms with van der Waals surface area (Å²) in [4.78, 5) is 15.6. The summed E-state index contributed by atoms with van der Waals surface area (Å²) in [6, 6.07) is 7.55. The zero-order valence-corrected chi connectivity index (χ0v) is 17.1. The summed E-state index contributed by atoms with van der Waals surface area (Å²) in [7, 11) is 0. The zero-order chi connectivity index (χ0) is 20.8. The topological polar surface area (TPSA) is 115 Å². The maximum Gasteiger partial charge on any atom is 0.129 e. The zero-order valence-electron chi connectivity index (χ0n) is 17.1. The van der Waals surface area contributed by atoms with E-state index in [1.807, 2.05) is 25.1 Å². The third-order valence-corrected chi connectivity index (χ3v) is 5.17. The van der Waals surface area contributed by atoms with E-state index in [0.29, 0.717) is 35.1 Å². The Labute approximate surface area is 172 Å². The van der Waals surface area contributed by atoms with E-state index in [1.54, 1.807) is 18.5 Å². The first-order valence-corrected chi connectivity index (χ1v) is 10.1. The molecule has 7 nitrogen and oxygen atoms in total. The molecule has 0 bridgehead atoms. The van der Waals surface area contributed by atoms with Crippen LogP contribution in [0.15, 0.2) is 35.5 Å². The number of rotatable bonds is 7. The monoisotopic (exact) mass is 391 g/mol. The first-order chi connectivity index (χ1) is 14.0. The van der Waals surface area contributed by atoms with E-state index < -0.39 is 0 Å². The molecule has 152 valence electrons. The molecule has 2 aromatic rings. The van der Waals surface area contributed by atoms with Gasteiger partial charge in [0, 0.05) is 37.6 Å². The standard InChI is InChI=1S/C22H29N7/c1-3-26-12-16(11-23)20-10-17(18(24)13-27-20)22(25)19-7-4-8-21(28-19)29-9-5-6-15(2)14-29/h4,7-8,10-13,15-16,23,25H,3,5-6,9,14,24H2,1-2H3. The SMILES string of the molecule is CCN=CC(C=N)c1cc(C(=N)c2cccc(N3CCCC(C)C3)n2)c(N)cn1. The molecule has 0 spiro atoms. The molecule has 1 fully saturated rings. The quantitative estimate of drug-likeness (QED) is 0.626. The Balaban J connectivity index is 1.90. The van der Waals surface area contributed by atoms with Gasteiger partial charge in [-0.1, -0.05) is 13.0 Å². The molecule has 0 radical (unpaired) electrons. The lowest BCUT2D eigenvalue weighted by molar-refractivity contribution is 0.444. The molecule has 1 aliphatic heterocycles. The second kappa shape index (κ2) is 9.41. The van der Waals surface area contributed by atoms with Crippen LogP contribution in [-0.2, 0) is 0 Å². The molecule has 0 amide bonds. The first-order valence-electron chi connectivity index (χ1n) is 10.1. The van der Waals surface area contributed by atoms with Crippen LogP contribution in [0.3, 0.4) is 0 Å². The summed E-state index contributed by atoms with van der Waals surface area (Å²) < 4.78 is 0. The average Bonchev–Trinajstić information content (AvgIpc) is 2.75. The summed E-state index contributed by atoms with van der Waals surface area (Å²) in [5, 5.41) is 16.4. The van der Waals surface area contributed by atoms with Gasteiger partial charge in [0.25, 0.3) is 0 Å². The Morgan fingerprint density at radius 3 is 3.00 bits per heavy atom. The highest BCUT2D eigenvalue weighted by atomic mass is 15.2. The van der Waals surface area contributed by atoms with E-state index >= 15 is 0 Å². The Bertz CT molecular complexity index is 906. The second-order valence-corrected chi connectivity index (χ2v) is 7.49. The van der Waals surface area contributed by atoms with Gasteiger partial charge in [0.1, 0.15) is 5.82 Å². The predicted molar refractivity (Wildman–Crippen MR) is 120 cm³/mol. The minimum Gasteiger partial charge on any atom is -0.397 e. The highest BCUT2D eigenvalue weighted by Crippen LogP contribution is 2.23. The lowest BCUT2D eigenvalue weighted by atomic mass is 10.00. The van der Waals surface area contributed by atoms with Gasteiger partial charge >= 0.3 is 0 Å². The van der Waals surface area contributed by atoms with Crippen LogP contribution >= 0.6 is 0 Å². The van der Waals surface area contributed by atoms with Crippen molar-refractivity contribution in [3.05, 3.63) is 47.4 Å². The van der Waals surface area contributed by atoms with E-state index in [4.69, 9.17) is 21.5 Å². The number of nitrogens with one attached hydrogen (secondary N) is 2. The van der Waals surface area contributed by atoms with Crippen molar-refractivity contribution in [1.29, 1.82) is 10.8 Å². The lowest BCUT2D eigenvalue weighted by Crippen LogP contribution is -2.35. The normalized spacial score (nSPS) is 18.0. The Morgan fingerprint density at radius 2 is 2.28 bits per heavy atom.